The van der Waals surface area contributed by atoms with Gasteiger partial charge in [-0.15, -0.1) is 5.10 Å². The van der Waals surface area contributed by atoms with Gasteiger partial charge in [-0.1, -0.05) is 18.1 Å². The van der Waals surface area contributed by atoms with Crippen molar-refractivity contribution in [2.75, 3.05) is 33.1 Å². The minimum Gasteiger partial charge on any atom is -0.356 e. The van der Waals surface area contributed by atoms with E-state index in [1.54, 1.807) is 4.68 Å². The van der Waals surface area contributed by atoms with Crippen LogP contribution in [0.1, 0.15) is 57.1 Å². The molecule has 0 fully saturated rings. The molecule has 1 aromatic heterocycles. The highest BCUT2D eigenvalue weighted by atomic mass is 31.2. The van der Waals surface area contributed by atoms with Crippen LogP contribution >= 0.6 is 15.2 Å². The number of amides is 1. The van der Waals surface area contributed by atoms with Crippen molar-refractivity contribution in [3.8, 4) is 0 Å². The van der Waals surface area contributed by atoms with E-state index in [2.05, 4.69) is 15.6 Å². The number of hydrogen-bond donors (Lipinski definition) is 3. The molecule has 1 aromatic rings. The molecule has 0 saturated heterocycles. The predicted octanol–water partition coefficient (Wildman–Crippen LogP) is 2.72. The highest BCUT2D eigenvalue weighted by Crippen LogP contribution is 2.37. The van der Waals surface area contributed by atoms with E-state index >= 15 is 0 Å². The summed E-state index contributed by atoms with van der Waals surface area (Å²) in [4.78, 5) is 29.9. The zero-order valence-corrected chi connectivity index (χ0v) is 20.2. The van der Waals surface area contributed by atoms with E-state index in [-0.39, 0.29) is 19.1 Å². The molecule has 2 atom stereocenters. The van der Waals surface area contributed by atoms with Crippen LogP contribution in [0.15, 0.2) is 6.20 Å². The molecule has 0 aliphatic heterocycles. The van der Waals surface area contributed by atoms with E-state index in [0.29, 0.717) is 38.8 Å². The van der Waals surface area contributed by atoms with Crippen LogP contribution in [0.25, 0.3) is 0 Å². The van der Waals surface area contributed by atoms with Gasteiger partial charge in [0.05, 0.1) is 18.9 Å². The molecule has 0 saturated carbocycles. The largest absolute Gasteiger partial charge is 0.356 e. The summed E-state index contributed by atoms with van der Waals surface area (Å²) in [6, 6.07) is 0. The lowest BCUT2D eigenvalue weighted by Gasteiger charge is -2.07. The molecule has 3 N–H and O–H groups in total. The van der Waals surface area contributed by atoms with Gasteiger partial charge in [-0.2, -0.15) is 0 Å². The molecule has 1 heterocycles. The van der Waals surface area contributed by atoms with Crippen LogP contribution < -0.4 is 5.32 Å². The van der Waals surface area contributed by atoms with Crippen LogP contribution in [0.3, 0.4) is 0 Å². The summed E-state index contributed by atoms with van der Waals surface area (Å²) >= 11 is 0. The van der Waals surface area contributed by atoms with Crippen LogP contribution in [-0.4, -0.2) is 63.8 Å². The highest BCUT2D eigenvalue weighted by molar-refractivity contribution is 7.52. The van der Waals surface area contributed by atoms with Gasteiger partial charge in [0.15, 0.2) is 0 Å². The topological polar surface area (TPSA) is 153 Å². The number of aryl methyl sites for hydroxylation is 2. The lowest BCUT2D eigenvalue weighted by Crippen LogP contribution is -2.24. The maximum absolute atomic E-state index is 11.9. The monoisotopic (exact) mass is 482 g/mol. The van der Waals surface area contributed by atoms with Crippen molar-refractivity contribution < 1.29 is 32.8 Å². The number of carbonyl (C=O) groups excluding carboxylic acids is 1. The second kappa shape index (κ2) is 14.9. The normalized spacial score (nSPS) is 15.4. The molecular weight excluding hydrogens is 446 g/mol. The first-order chi connectivity index (χ1) is 14.6. The molecule has 0 bridgehead atoms. The van der Waals surface area contributed by atoms with Gasteiger partial charge < -0.3 is 24.2 Å². The second-order valence-corrected chi connectivity index (χ2v) is 11.3. The Hall–Kier alpha value is -1.09. The minimum absolute atomic E-state index is 0.00738. The van der Waals surface area contributed by atoms with Crippen LogP contribution in [0.2, 0.25) is 0 Å². The third kappa shape index (κ3) is 17.2. The number of unbranched alkanes of at least 4 members (excludes halogenated alkanes) is 4. The zero-order chi connectivity index (χ0) is 23.2. The Bertz CT molecular complexity index is 732. The van der Waals surface area contributed by atoms with Gasteiger partial charge in [-0.3, -0.25) is 18.6 Å². The minimum atomic E-state index is -3.40. The fourth-order valence-corrected chi connectivity index (χ4v) is 3.67. The van der Waals surface area contributed by atoms with E-state index in [0.717, 1.165) is 37.8 Å². The van der Waals surface area contributed by atoms with Crippen LogP contribution in [-0.2, 0) is 35.9 Å². The Morgan fingerprint density at radius 2 is 1.61 bits per heavy atom. The Morgan fingerprint density at radius 1 is 1.00 bits per heavy atom. The zero-order valence-electron chi connectivity index (χ0n) is 18.4. The maximum atomic E-state index is 11.9. The van der Waals surface area contributed by atoms with Crippen molar-refractivity contribution >= 4 is 21.1 Å². The maximum Gasteiger partial charge on any atom is 0.325 e. The first kappa shape index (κ1) is 27.9. The molecule has 31 heavy (non-hydrogen) atoms. The Morgan fingerprint density at radius 3 is 2.26 bits per heavy atom. The van der Waals surface area contributed by atoms with E-state index in [1.165, 1.54) is 13.3 Å². The van der Waals surface area contributed by atoms with Crippen LogP contribution in [0, 0.1) is 0 Å². The van der Waals surface area contributed by atoms with Crippen molar-refractivity contribution in [3.05, 3.63) is 11.9 Å². The fraction of sp³-hybridized carbons (Fsp3) is 0.833. The summed E-state index contributed by atoms with van der Waals surface area (Å²) in [5, 5.41) is 11.0. The average Bonchev–Trinajstić information content (AvgIpc) is 3.09. The lowest BCUT2D eigenvalue weighted by atomic mass is 10.2. The number of aromatic nitrogens is 3. The van der Waals surface area contributed by atoms with Gasteiger partial charge in [0.1, 0.15) is 0 Å². The number of rotatable bonds is 18. The first-order valence-corrected chi connectivity index (χ1v) is 14.7. The van der Waals surface area contributed by atoms with E-state index in [1.807, 2.05) is 6.20 Å². The number of nitrogens with zero attached hydrogens (tertiary/aromatic N) is 3. The molecule has 13 heteroatoms. The van der Waals surface area contributed by atoms with E-state index in [4.69, 9.17) is 18.8 Å². The molecule has 0 radical (unpaired) electrons. The smallest absolute Gasteiger partial charge is 0.325 e. The van der Waals surface area contributed by atoms with Gasteiger partial charge >= 0.3 is 15.2 Å². The lowest BCUT2D eigenvalue weighted by molar-refractivity contribution is -0.121. The molecule has 1 amide bonds. The summed E-state index contributed by atoms with van der Waals surface area (Å²) in [5.74, 6) is 0.00738. The molecule has 1 rings (SSSR count). The van der Waals surface area contributed by atoms with Gasteiger partial charge in [-0.25, -0.2) is 0 Å². The average molecular weight is 482 g/mol. The molecule has 0 aliphatic carbocycles. The Kier molecular flexibility index (Phi) is 13.4. The van der Waals surface area contributed by atoms with Crippen LogP contribution in [0.5, 0.6) is 0 Å². The molecular formula is C18H36N4O7P2. The van der Waals surface area contributed by atoms with Crippen LogP contribution in [0.4, 0.5) is 0 Å². The summed E-state index contributed by atoms with van der Waals surface area (Å²) in [6.07, 6.45) is 8.51. The van der Waals surface area contributed by atoms with Gasteiger partial charge in [0, 0.05) is 39.0 Å². The van der Waals surface area contributed by atoms with Crippen molar-refractivity contribution in [2.45, 2.75) is 64.3 Å². The molecule has 11 nitrogen and oxygen atoms in total. The number of carbonyl (C=O) groups is 1. The van der Waals surface area contributed by atoms with E-state index < -0.39 is 15.2 Å². The predicted molar refractivity (Wildman–Crippen MR) is 117 cm³/mol. The third-order valence-corrected chi connectivity index (χ3v) is 5.58. The van der Waals surface area contributed by atoms with Gasteiger partial charge in [-0.05, 0) is 38.5 Å². The first-order valence-electron chi connectivity index (χ1n) is 10.6. The molecule has 0 spiro atoms. The SMILES string of the molecule is CP(=O)(O)OCCCCCCNC(=O)CCCn1cc(CCCCOP(C)(=O)O)nn1. The van der Waals surface area contributed by atoms with Crippen molar-refractivity contribution in [1.82, 2.24) is 20.3 Å². The van der Waals surface area contributed by atoms with Crippen molar-refractivity contribution in [1.29, 1.82) is 0 Å². The quantitative estimate of drug-likeness (QED) is 0.212. The standard InChI is InChI=1S/C18H36N4O7P2/c1-30(24,25)28-14-7-4-3-6-12-19-18(23)11-9-13-22-16-17(20-21-22)10-5-8-15-29-31(2,26)27/h16H,3-15H2,1-2H3,(H,19,23)(H,24,25)(H,26,27). The highest BCUT2D eigenvalue weighted by Gasteiger charge is 2.10. The summed E-state index contributed by atoms with van der Waals surface area (Å²) in [7, 11) is -6.77. The molecule has 180 valence electrons. The summed E-state index contributed by atoms with van der Waals surface area (Å²) < 4.78 is 33.3. The Balaban J connectivity index is 2.01. The van der Waals surface area contributed by atoms with Crippen molar-refractivity contribution in [2.24, 2.45) is 0 Å². The van der Waals surface area contributed by atoms with E-state index in [9.17, 15) is 13.9 Å². The molecule has 0 aliphatic rings. The molecule has 2 unspecified atom stereocenters. The summed E-state index contributed by atoms with van der Waals surface area (Å²) in [5.41, 5.74) is 0.847. The second-order valence-electron chi connectivity index (χ2n) is 7.57. The fourth-order valence-electron chi connectivity index (χ4n) is 2.74. The molecule has 0 aromatic carbocycles. The van der Waals surface area contributed by atoms with Crippen molar-refractivity contribution in [3.63, 3.8) is 0 Å². The summed E-state index contributed by atoms with van der Waals surface area (Å²) in [6.45, 7) is 4.10. The number of hydrogen-bond acceptors (Lipinski definition) is 7. The van der Waals surface area contributed by atoms with Gasteiger partial charge in [0.2, 0.25) is 5.91 Å². The third-order valence-electron chi connectivity index (χ3n) is 4.26. The van der Waals surface area contributed by atoms with Gasteiger partial charge in [0.25, 0.3) is 0 Å². The number of nitrogens with one attached hydrogen (secondary N) is 1. The Labute approximate surface area is 184 Å².